The molecule has 0 saturated heterocycles. The molecule has 0 spiro atoms. The monoisotopic (exact) mass is 250 g/mol. The smallest absolute Gasteiger partial charge is 0.180 e. The molecule has 0 aliphatic carbocycles. The van der Waals surface area contributed by atoms with E-state index in [0.29, 0.717) is 11.7 Å². The fraction of sp³-hybridized carbons (Fsp3) is 0.250. The van der Waals surface area contributed by atoms with Gasteiger partial charge in [-0.05, 0) is 24.6 Å². The van der Waals surface area contributed by atoms with Crippen LogP contribution in [0.1, 0.15) is 23.5 Å². The molecule has 3 N–H and O–H groups in total. The van der Waals surface area contributed by atoms with E-state index in [1.807, 2.05) is 31.2 Å². The van der Waals surface area contributed by atoms with Crippen molar-refractivity contribution in [2.45, 2.75) is 13.0 Å². The van der Waals surface area contributed by atoms with Gasteiger partial charge in [-0.3, -0.25) is 0 Å². The molecule has 1 aromatic heterocycles. The molecule has 0 saturated carbocycles. The first-order chi connectivity index (χ1) is 8.20. The average Bonchev–Trinajstić information content (AvgIpc) is 2.76. The molecule has 17 heavy (non-hydrogen) atoms. The Bertz CT molecular complexity index is 482. The number of aliphatic hydroxyl groups excluding tert-OH is 1. The number of rotatable bonds is 4. The van der Waals surface area contributed by atoms with Crippen molar-refractivity contribution in [3.8, 4) is 5.75 Å². The zero-order chi connectivity index (χ0) is 12.3. The van der Waals surface area contributed by atoms with E-state index < -0.39 is 6.10 Å². The number of nitrogen functional groups attached to an aromatic ring is 1. The molecule has 1 atom stereocenters. The zero-order valence-electron chi connectivity index (χ0n) is 9.46. The Balaban J connectivity index is 2.16. The predicted molar refractivity (Wildman–Crippen MR) is 68.2 cm³/mol. The Morgan fingerprint density at radius 3 is 2.65 bits per heavy atom. The van der Waals surface area contributed by atoms with E-state index in [1.165, 1.54) is 11.3 Å². The molecule has 90 valence electrons. The van der Waals surface area contributed by atoms with Crippen molar-refractivity contribution in [2.24, 2.45) is 0 Å². The van der Waals surface area contributed by atoms with Crippen molar-refractivity contribution in [3.05, 3.63) is 40.9 Å². The Morgan fingerprint density at radius 2 is 2.12 bits per heavy atom. The minimum atomic E-state index is -0.680. The highest BCUT2D eigenvalue weighted by Gasteiger charge is 2.13. The van der Waals surface area contributed by atoms with Crippen LogP contribution in [-0.2, 0) is 0 Å². The maximum absolute atomic E-state index is 10.1. The van der Waals surface area contributed by atoms with Crippen LogP contribution in [0.4, 0.5) is 5.13 Å². The summed E-state index contributed by atoms with van der Waals surface area (Å²) in [6.45, 7) is 2.57. The van der Waals surface area contributed by atoms with E-state index in [-0.39, 0.29) is 0 Å². The van der Waals surface area contributed by atoms with Gasteiger partial charge in [0.05, 0.1) is 11.5 Å². The summed E-state index contributed by atoms with van der Waals surface area (Å²) >= 11 is 1.29. The minimum absolute atomic E-state index is 0.463. The molecule has 0 aliphatic heterocycles. The van der Waals surface area contributed by atoms with E-state index in [9.17, 15) is 5.11 Å². The Morgan fingerprint density at radius 1 is 1.41 bits per heavy atom. The maximum Gasteiger partial charge on any atom is 0.180 e. The summed E-state index contributed by atoms with van der Waals surface area (Å²) in [5.74, 6) is 0.798. The van der Waals surface area contributed by atoms with Crippen LogP contribution >= 0.6 is 11.3 Å². The first kappa shape index (κ1) is 11.9. The molecule has 0 fully saturated rings. The second-order valence-electron chi connectivity index (χ2n) is 3.51. The Labute approximate surface area is 104 Å². The minimum Gasteiger partial charge on any atom is -0.494 e. The molecule has 1 unspecified atom stereocenters. The summed E-state index contributed by atoms with van der Waals surface area (Å²) in [6, 6.07) is 7.36. The number of hydrogen-bond donors (Lipinski definition) is 2. The highest BCUT2D eigenvalue weighted by Crippen LogP contribution is 2.28. The third-order valence-electron chi connectivity index (χ3n) is 2.32. The summed E-state index contributed by atoms with van der Waals surface area (Å²) in [4.78, 5) is 4.66. The van der Waals surface area contributed by atoms with Gasteiger partial charge in [0.25, 0.3) is 0 Å². The topological polar surface area (TPSA) is 68.4 Å². The van der Waals surface area contributed by atoms with Crippen molar-refractivity contribution in [3.63, 3.8) is 0 Å². The van der Waals surface area contributed by atoms with Gasteiger partial charge in [-0.2, -0.15) is 0 Å². The molecule has 2 aromatic rings. The van der Waals surface area contributed by atoms with Crippen molar-refractivity contribution in [1.82, 2.24) is 4.98 Å². The number of benzene rings is 1. The van der Waals surface area contributed by atoms with Gasteiger partial charge in [0.1, 0.15) is 11.9 Å². The van der Waals surface area contributed by atoms with E-state index in [2.05, 4.69) is 4.98 Å². The summed E-state index contributed by atoms with van der Waals surface area (Å²) in [7, 11) is 0. The Hall–Kier alpha value is -1.59. The van der Waals surface area contributed by atoms with Crippen LogP contribution < -0.4 is 10.5 Å². The number of aromatic nitrogens is 1. The van der Waals surface area contributed by atoms with Gasteiger partial charge in [0.2, 0.25) is 0 Å². The number of thiazole rings is 1. The first-order valence-corrected chi connectivity index (χ1v) is 6.14. The molecule has 0 radical (unpaired) electrons. The molecule has 0 aliphatic rings. The van der Waals surface area contributed by atoms with E-state index in [1.54, 1.807) is 6.20 Å². The van der Waals surface area contributed by atoms with Crippen LogP contribution in [-0.4, -0.2) is 16.7 Å². The van der Waals surface area contributed by atoms with E-state index in [0.717, 1.165) is 16.2 Å². The lowest BCUT2D eigenvalue weighted by Gasteiger charge is -2.09. The van der Waals surface area contributed by atoms with Crippen molar-refractivity contribution in [2.75, 3.05) is 12.3 Å². The lowest BCUT2D eigenvalue weighted by Crippen LogP contribution is -1.97. The molecular weight excluding hydrogens is 236 g/mol. The lowest BCUT2D eigenvalue weighted by molar-refractivity contribution is 0.223. The average molecular weight is 250 g/mol. The van der Waals surface area contributed by atoms with Crippen LogP contribution in [0.15, 0.2) is 30.5 Å². The fourth-order valence-corrected chi connectivity index (χ4v) is 2.20. The van der Waals surface area contributed by atoms with Gasteiger partial charge in [-0.25, -0.2) is 4.98 Å². The zero-order valence-corrected chi connectivity index (χ0v) is 10.3. The standard InChI is InChI=1S/C12H14N2O2S/c1-2-16-9-5-3-8(4-6-9)11(15)10-7-14-12(13)17-10/h3-7,11,15H,2H2,1H3,(H2,13,14). The first-order valence-electron chi connectivity index (χ1n) is 5.32. The number of hydrogen-bond acceptors (Lipinski definition) is 5. The highest BCUT2D eigenvalue weighted by molar-refractivity contribution is 7.15. The van der Waals surface area contributed by atoms with Crippen molar-refractivity contribution < 1.29 is 9.84 Å². The predicted octanol–water partition coefficient (Wildman–Crippen LogP) is 2.21. The summed E-state index contributed by atoms with van der Waals surface area (Å²) < 4.78 is 5.34. The molecule has 2 rings (SSSR count). The van der Waals surface area contributed by atoms with Gasteiger partial charge in [0.15, 0.2) is 5.13 Å². The lowest BCUT2D eigenvalue weighted by atomic mass is 10.1. The quantitative estimate of drug-likeness (QED) is 0.873. The number of aliphatic hydroxyl groups is 1. The van der Waals surface area contributed by atoms with E-state index in [4.69, 9.17) is 10.5 Å². The molecule has 0 bridgehead atoms. The maximum atomic E-state index is 10.1. The second-order valence-corrected chi connectivity index (χ2v) is 4.60. The molecule has 1 aromatic carbocycles. The third kappa shape index (κ3) is 2.75. The molecule has 0 amide bonds. The number of nitrogens with zero attached hydrogens (tertiary/aromatic N) is 1. The van der Waals surface area contributed by atoms with Crippen LogP contribution in [0.25, 0.3) is 0 Å². The van der Waals surface area contributed by atoms with E-state index >= 15 is 0 Å². The summed E-state index contributed by atoms with van der Waals surface area (Å²) in [6.07, 6.45) is 0.918. The van der Waals surface area contributed by atoms with Crippen molar-refractivity contribution in [1.29, 1.82) is 0 Å². The largest absolute Gasteiger partial charge is 0.494 e. The normalized spacial score (nSPS) is 12.4. The van der Waals surface area contributed by atoms with Crippen LogP contribution in [0, 0.1) is 0 Å². The SMILES string of the molecule is CCOc1ccc(C(O)c2cnc(N)s2)cc1. The Kier molecular flexibility index (Phi) is 3.61. The highest BCUT2D eigenvalue weighted by atomic mass is 32.1. The third-order valence-corrected chi connectivity index (χ3v) is 3.20. The van der Waals surface area contributed by atoms with Gasteiger partial charge in [-0.1, -0.05) is 23.5 Å². The van der Waals surface area contributed by atoms with Gasteiger partial charge in [0, 0.05) is 6.20 Å². The summed E-state index contributed by atoms with van der Waals surface area (Å²) in [5.41, 5.74) is 6.34. The number of ether oxygens (including phenoxy) is 1. The number of anilines is 1. The molecule has 4 nitrogen and oxygen atoms in total. The number of nitrogens with two attached hydrogens (primary N) is 1. The van der Waals surface area contributed by atoms with Gasteiger partial charge in [-0.15, -0.1) is 0 Å². The van der Waals surface area contributed by atoms with Crippen LogP contribution in [0.3, 0.4) is 0 Å². The van der Waals surface area contributed by atoms with Crippen LogP contribution in [0.5, 0.6) is 5.75 Å². The fourth-order valence-electron chi connectivity index (χ4n) is 1.50. The second kappa shape index (κ2) is 5.16. The van der Waals surface area contributed by atoms with Gasteiger partial charge < -0.3 is 15.6 Å². The molecule has 5 heteroatoms. The molecule has 1 heterocycles. The van der Waals surface area contributed by atoms with Crippen molar-refractivity contribution >= 4 is 16.5 Å². The molecular formula is C12H14N2O2S. The summed E-state index contributed by atoms with van der Waals surface area (Å²) in [5, 5.41) is 10.6. The van der Waals surface area contributed by atoms with Crippen LogP contribution in [0.2, 0.25) is 0 Å². The van der Waals surface area contributed by atoms with Gasteiger partial charge >= 0.3 is 0 Å².